The molecule has 0 aromatic carbocycles. The summed E-state index contributed by atoms with van der Waals surface area (Å²) in [6.45, 7) is 4.15. The molecule has 0 spiro atoms. The Morgan fingerprint density at radius 1 is 1.50 bits per heavy atom. The fourth-order valence-corrected chi connectivity index (χ4v) is 4.12. The van der Waals surface area contributed by atoms with Crippen LogP contribution in [-0.4, -0.2) is 55.1 Å². The summed E-state index contributed by atoms with van der Waals surface area (Å²) < 4.78 is 31.0. The largest absolute Gasteiger partial charge is 0.383 e. The number of aromatic amines is 1. The number of sulfonamides is 1. The fraction of sp³-hybridized carbons (Fsp3) is 0.700. The van der Waals surface area contributed by atoms with Gasteiger partial charge in [-0.15, -0.1) is 0 Å². The highest BCUT2D eigenvalue weighted by molar-refractivity contribution is 9.09. The van der Waals surface area contributed by atoms with Crippen LogP contribution in [0.1, 0.15) is 11.4 Å². The summed E-state index contributed by atoms with van der Waals surface area (Å²) in [4.78, 5) is 0.205. The number of hydrogen-bond donors (Lipinski definition) is 1. The molecule has 1 atom stereocenters. The summed E-state index contributed by atoms with van der Waals surface area (Å²) in [5, 5.41) is 6.60. The summed E-state index contributed by atoms with van der Waals surface area (Å²) in [5.74, 6) is 0. The van der Waals surface area contributed by atoms with E-state index < -0.39 is 10.0 Å². The van der Waals surface area contributed by atoms with Gasteiger partial charge in [-0.05, 0) is 13.8 Å². The molecule has 1 rings (SSSR count). The molecular formula is C10H18BrN3O3S. The Hall–Kier alpha value is -0.440. The normalized spacial score (nSPS) is 14.1. The molecule has 1 aromatic heterocycles. The monoisotopic (exact) mass is 339 g/mol. The average Bonchev–Trinajstić information content (AvgIpc) is 2.59. The molecule has 18 heavy (non-hydrogen) atoms. The molecule has 8 heteroatoms. The third kappa shape index (κ3) is 3.31. The van der Waals surface area contributed by atoms with Gasteiger partial charge in [-0.1, -0.05) is 15.9 Å². The third-order valence-corrected chi connectivity index (χ3v) is 5.17. The minimum atomic E-state index is -3.52. The molecule has 1 heterocycles. The Morgan fingerprint density at radius 2 is 2.11 bits per heavy atom. The molecule has 0 aliphatic carbocycles. The number of alkyl halides is 1. The summed E-state index contributed by atoms with van der Waals surface area (Å²) >= 11 is 3.38. The molecule has 1 aromatic rings. The van der Waals surface area contributed by atoms with Crippen molar-refractivity contribution in [3.63, 3.8) is 0 Å². The van der Waals surface area contributed by atoms with Crippen molar-refractivity contribution in [2.24, 2.45) is 0 Å². The zero-order valence-corrected chi connectivity index (χ0v) is 13.3. The van der Waals surface area contributed by atoms with Crippen LogP contribution in [0.4, 0.5) is 0 Å². The minimum absolute atomic E-state index is 0.0465. The summed E-state index contributed by atoms with van der Waals surface area (Å²) in [6.07, 6.45) is 0. The van der Waals surface area contributed by atoms with Gasteiger partial charge in [-0.25, -0.2) is 8.42 Å². The highest BCUT2D eigenvalue weighted by Gasteiger charge is 2.28. The molecule has 0 aliphatic heterocycles. The number of aryl methyl sites for hydroxylation is 2. The number of halogens is 1. The molecule has 1 N–H and O–H groups in total. The number of ether oxygens (including phenoxy) is 1. The second-order valence-electron chi connectivity index (χ2n) is 4.10. The van der Waals surface area contributed by atoms with E-state index in [9.17, 15) is 8.42 Å². The van der Waals surface area contributed by atoms with Gasteiger partial charge >= 0.3 is 0 Å². The standard InChI is InChI=1S/C10H18BrN3O3S/c1-7-10(8(2)13-12-7)18(15,16)14(3)5-9(11)6-17-4/h9H,5-6H2,1-4H3,(H,12,13). The van der Waals surface area contributed by atoms with Crippen LogP contribution >= 0.6 is 15.9 Å². The molecule has 0 radical (unpaired) electrons. The van der Waals surface area contributed by atoms with Crippen LogP contribution in [0, 0.1) is 13.8 Å². The van der Waals surface area contributed by atoms with Crippen LogP contribution in [-0.2, 0) is 14.8 Å². The first-order valence-electron chi connectivity index (χ1n) is 5.41. The predicted molar refractivity (Wildman–Crippen MR) is 72.5 cm³/mol. The number of nitrogens with one attached hydrogen (secondary N) is 1. The van der Waals surface area contributed by atoms with Crippen LogP contribution in [0.2, 0.25) is 0 Å². The lowest BCUT2D eigenvalue weighted by molar-refractivity contribution is 0.195. The quantitative estimate of drug-likeness (QED) is 0.786. The van der Waals surface area contributed by atoms with Gasteiger partial charge in [-0.3, -0.25) is 5.10 Å². The molecule has 6 nitrogen and oxygen atoms in total. The molecular weight excluding hydrogens is 322 g/mol. The Bertz CT molecular complexity index is 481. The topological polar surface area (TPSA) is 75.3 Å². The lowest BCUT2D eigenvalue weighted by Crippen LogP contribution is -2.34. The van der Waals surface area contributed by atoms with Crippen LogP contribution in [0.25, 0.3) is 0 Å². The maximum Gasteiger partial charge on any atom is 0.246 e. The number of rotatable bonds is 6. The summed E-state index contributed by atoms with van der Waals surface area (Å²) in [7, 11) is -0.393. The summed E-state index contributed by atoms with van der Waals surface area (Å²) in [6, 6.07) is 0. The van der Waals surface area contributed by atoms with E-state index in [2.05, 4.69) is 26.1 Å². The van der Waals surface area contributed by atoms with Gasteiger partial charge < -0.3 is 4.74 Å². The fourth-order valence-electron chi connectivity index (χ4n) is 1.69. The van der Waals surface area contributed by atoms with E-state index >= 15 is 0 Å². The molecule has 0 saturated carbocycles. The van der Waals surface area contributed by atoms with Crippen molar-refractivity contribution in [1.82, 2.24) is 14.5 Å². The van der Waals surface area contributed by atoms with E-state index in [0.29, 0.717) is 24.5 Å². The molecule has 0 aliphatic rings. The number of nitrogens with zero attached hydrogens (tertiary/aromatic N) is 2. The zero-order chi connectivity index (χ0) is 13.9. The van der Waals surface area contributed by atoms with Gasteiger partial charge in [0.05, 0.1) is 22.8 Å². The maximum absolute atomic E-state index is 12.4. The Balaban J connectivity index is 2.94. The van der Waals surface area contributed by atoms with Gasteiger partial charge in [0.25, 0.3) is 0 Å². The van der Waals surface area contributed by atoms with Crippen molar-refractivity contribution in [2.75, 3.05) is 27.3 Å². The van der Waals surface area contributed by atoms with Crippen molar-refractivity contribution >= 4 is 26.0 Å². The van der Waals surface area contributed by atoms with Gasteiger partial charge in [0.1, 0.15) is 4.90 Å². The highest BCUT2D eigenvalue weighted by atomic mass is 79.9. The molecule has 0 bridgehead atoms. The lowest BCUT2D eigenvalue weighted by atomic mass is 10.4. The van der Waals surface area contributed by atoms with Crippen LogP contribution in [0.15, 0.2) is 4.90 Å². The Kier molecular flexibility index (Phi) is 5.32. The number of methoxy groups -OCH3 is 1. The summed E-state index contributed by atoms with van der Waals surface area (Å²) in [5.41, 5.74) is 1.04. The first-order valence-corrected chi connectivity index (χ1v) is 7.77. The molecule has 104 valence electrons. The third-order valence-electron chi connectivity index (χ3n) is 2.53. The van der Waals surface area contributed by atoms with Gasteiger partial charge in [0.2, 0.25) is 10.0 Å². The van der Waals surface area contributed by atoms with Crippen LogP contribution in [0.3, 0.4) is 0 Å². The van der Waals surface area contributed by atoms with Gasteiger partial charge in [-0.2, -0.15) is 9.40 Å². The van der Waals surface area contributed by atoms with E-state index in [0.717, 1.165) is 0 Å². The second-order valence-corrected chi connectivity index (χ2v) is 7.38. The SMILES string of the molecule is COCC(Br)CN(C)S(=O)(=O)c1c(C)n[nH]c1C. The van der Waals surface area contributed by atoms with Crippen molar-refractivity contribution in [3.05, 3.63) is 11.4 Å². The van der Waals surface area contributed by atoms with Crippen LogP contribution in [0.5, 0.6) is 0 Å². The Labute approximate surface area is 116 Å². The van der Waals surface area contributed by atoms with Crippen molar-refractivity contribution in [2.45, 2.75) is 23.6 Å². The Morgan fingerprint density at radius 3 is 2.56 bits per heavy atom. The van der Waals surface area contributed by atoms with E-state index in [1.807, 2.05) is 0 Å². The van der Waals surface area contributed by atoms with E-state index in [4.69, 9.17) is 4.74 Å². The average molecular weight is 340 g/mol. The van der Waals surface area contributed by atoms with Gasteiger partial charge in [0.15, 0.2) is 0 Å². The second kappa shape index (κ2) is 6.14. The van der Waals surface area contributed by atoms with E-state index in [1.165, 1.54) is 4.31 Å². The van der Waals surface area contributed by atoms with Crippen LogP contribution < -0.4 is 0 Å². The molecule has 0 saturated heterocycles. The van der Waals surface area contributed by atoms with Crippen molar-refractivity contribution in [3.8, 4) is 0 Å². The smallest absolute Gasteiger partial charge is 0.246 e. The first kappa shape index (κ1) is 15.6. The molecule has 0 amide bonds. The predicted octanol–water partition coefficient (Wildman–Crippen LogP) is 1.06. The van der Waals surface area contributed by atoms with E-state index in [1.54, 1.807) is 28.0 Å². The van der Waals surface area contributed by atoms with Crippen molar-refractivity contribution < 1.29 is 13.2 Å². The number of hydrogen-bond acceptors (Lipinski definition) is 4. The minimum Gasteiger partial charge on any atom is -0.383 e. The zero-order valence-electron chi connectivity index (χ0n) is 10.9. The number of H-pyrrole nitrogens is 1. The van der Waals surface area contributed by atoms with Gasteiger partial charge in [0, 0.05) is 20.7 Å². The number of aromatic nitrogens is 2. The maximum atomic E-state index is 12.4. The van der Waals surface area contributed by atoms with Crippen molar-refractivity contribution in [1.29, 1.82) is 0 Å². The molecule has 0 fully saturated rings. The highest BCUT2D eigenvalue weighted by Crippen LogP contribution is 2.21. The lowest BCUT2D eigenvalue weighted by Gasteiger charge is -2.20. The molecule has 1 unspecified atom stereocenters. The van der Waals surface area contributed by atoms with E-state index in [-0.39, 0.29) is 9.72 Å². The first-order chi connectivity index (χ1) is 8.30.